The van der Waals surface area contributed by atoms with Gasteiger partial charge in [0, 0.05) is 0 Å². The van der Waals surface area contributed by atoms with E-state index in [-0.39, 0.29) is 6.29 Å². The van der Waals surface area contributed by atoms with E-state index in [1.165, 1.54) is 12.8 Å². The van der Waals surface area contributed by atoms with Gasteiger partial charge in [0.15, 0.2) is 6.29 Å². The minimum absolute atomic E-state index is 0.0419. The third-order valence-corrected chi connectivity index (χ3v) is 9.12. The van der Waals surface area contributed by atoms with Gasteiger partial charge in [-0.05, 0) is 24.3 Å². The average molecular weight is 307 g/mol. The van der Waals surface area contributed by atoms with Crippen LogP contribution < -0.4 is 5.19 Å². The highest BCUT2D eigenvalue weighted by Gasteiger charge is 2.34. The molecule has 0 radical (unpaired) electrons. The molecule has 0 N–H and O–H groups in total. The van der Waals surface area contributed by atoms with Crippen LogP contribution in [-0.4, -0.2) is 27.6 Å². The SMILES string of the molecule is CC(C)C[C@H](CCC1OCCO1)[Si](C)(C)c1ccccc1. The lowest BCUT2D eigenvalue weighted by Crippen LogP contribution is -2.46. The summed E-state index contributed by atoms with van der Waals surface area (Å²) in [6, 6.07) is 11.1. The molecule has 1 aliphatic heterocycles. The van der Waals surface area contributed by atoms with Crippen LogP contribution in [0.25, 0.3) is 0 Å². The van der Waals surface area contributed by atoms with E-state index >= 15 is 0 Å². The molecule has 0 saturated carbocycles. The fourth-order valence-corrected chi connectivity index (χ4v) is 6.83. The number of rotatable bonds is 7. The number of hydrogen-bond acceptors (Lipinski definition) is 2. The van der Waals surface area contributed by atoms with Gasteiger partial charge < -0.3 is 9.47 Å². The molecule has 0 bridgehead atoms. The summed E-state index contributed by atoms with van der Waals surface area (Å²) in [5.41, 5.74) is 0.785. The maximum absolute atomic E-state index is 5.62. The molecule has 1 aliphatic rings. The normalized spacial score (nSPS) is 18.3. The maximum Gasteiger partial charge on any atom is 0.157 e. The second-order valence-corrected chi connectivity index (χ2v) is 12.0. The Kier molecular flexibility index (Phi) is 6.03. The fourth-order valence-electron chi connectivity index (χ4n) is 3.36. The van der Waals surface area contributed by atoms with Crippen molar-refractivity contribution >= 4 is 13.3 Å². The van der Waals surface area contributed by atoms with Crippen molar-refractivity contribution in [3.8, 4) is 0 Å². The van der Waals surface area contributed by atoms with Crippen LogP contribution in [0.3, 0.4) is 0 Å². The molecular weight excluding hydrogens is 276 g/mol. The van der Waals surface area contributed by atoms with E-state index in [1.54, 1.807) is 5.19 Å². The molecule has 0 unspecified atom stereocenters. The summed E-state index contributed by atoms with van der Waals surface area (Å²) in [6.45, 7) is 11.2. The van der Waals surface area contributed by atoms with Crippen molar-refractivity contribution in [1.29, 1.82) is 0 Å². The Morgan fingerprint density at radius 1 is 1.10 bits per heavy atom. The Bertz CT molecular complexity index is 410. The predicted molar refractivity (Wildman–Crippen MR) is 91.7 cm³/mol. The van der Waals surface area contributed by atoms with Gasteiger partial charge in [-0.25, -0.2) is 0 Å². The summed E-state index contributed by atoms with van der Waals surface area (Å²) < 4.78 is 11.2. The zero-order valence-corrected chi connectivity index (χ0v) is 15.0. The molecule has 0 amide bonds. The van der Waals surface area contributed by atoms with Crippen molar-refractivity contribution in [2.24, 2.45) is 5.92 Å². The molecule has 2 nitrogen and oxygen atoms in total. The van der Waals surface area contributed by atoms with Gasteiger partial charge in [0.2, 0.25) is 0 Å². The first-order valence-corrected chi connectivity index (χ1v) is 11.4. The Hall–Kier alpha value is -0.643. The molecule has 3 heteroatoms. The molecule has 2 rings (SSSR count). The highest BCUT2D eigenvalue weighted by Crippen LogP contribution is 2.34. The quantitative estimate of drug-likeness (QED) is 0.704. The van der Waals surface area contributed by atoms with Crippen LogP contribution in [0.15, 0.2) is 30.3 Å². The van der Waals surface area contributed by atoms with E-state index in [2.05, 4.69) is 57.3 Å². The molecule has 118 valence electrons. The molecule has 1 heterocycles. The molecular formula is C18H30O2Si. The third-order valence-electron chi connectivity index (χ3n) is 4.74. The van der Waals surface area contributed by atoms with Crippen LogP contribution >= 0.6 is 0 Å². The third kappa shape index (κ3) is 4.66. The summed E-state index contributed by atoms with van der Waals surface area (Å²) in [6.07, 6.45) is 3.61. The lowest BCUT2D eigenvalue weighted by molar-refractivity contribution is -0.0481. The molecule has 0 aromatic heterocycles. The van der Waals surface area contributed by atoms with Crippen molar-refractivity contribution < 1.29 is 9.47 Å². The highest BCUT2D eigenvalue weighted by atomic mass is 28.3. The Labute approximate surface area is 130 Å². The second kappa shape index (κ2) is 7.57. The summed E-state index contributed by atoms with van der Waals surface area (Å²) in [5, 5.41) is 1.57. The second-order valence-electron chi connectivity index (χ2n) is 7.16. The van der Waals surface area contributed by atoms with Crippen LogP contribution in [-0.2, 0) is 9.47 Å². The lowest BCUT2D eigenvalue weighted by Gasteiger charge is -2.35. The minimum Gasteiger partial charge on any atom is -0.350 e. The molecule has 1 atom stereocenters. The predicted octanol–water partition coefficient (Wildman–Crippen LogP) is 4.17. The molecule has 21 heavy (non-hydrogen) atoms. The van der Waals surface area contributed by atoms with Crippen molar-refractivity contribution in [2.75, 3.05) is 13.2 Å². The summed E-state index contributed by atoms with van der Waals surface area (Å²) in [4.78, 5) is 0. The van der Waals surface area contributed by atoms with E-state index in [0.29, 0.717) is 0 Å². The van der Waals surface area contributed by atoms with Crippen molar-refractivity contribution in [3.63, 3.8) is 0 Å². The van der Waals surface area contributed by atoms with E-state index in [1.807, 2.05) is 0 Å². The van der Waals surface area contributed by atoms with Gasteiger partial charge in [-0.15, -0.1) is 0 Å². The van der Waals surface area contributed by atoms with Gasteiger partial charge >= 0.3 is 0 Å². The summed E-state index contributed by atoms with van der Waals surface area (Å²) in [7, 11) is -1.45. The highest BCUT2D eigenvalue weighted by molar-refractivity contribution is 6.91. The monoisotopic (exact) mass is 306 g/mol. The van der Waals surface area contributed by atoms with Crippen LogP contribution in [0.2, 0.25) is 18.6 Å². The molecule has 0 spiro atoms. The van der Waals surface area contributed by atoms with E-state index < -0.39 is 8.07 Å². The topological polar surface area (TPSA) is 18.5 Å². The first kappa shape index (κ1) is 16.7. The molecule has 0 aliphatic carbocycles. The zero-order valence-electron chi connectivity index (χ0n) is 14.0. The van der Waals surface area contributed by atoms with Crippen molar-refractivity contribution in [3.05, 3.63) is 30.3 Å². The Balaban J connectivity index is 2.06. The Morgan fingerprint density at radius 2 is 1.71 bits per heavy atom. The van der Waals surface area contributed by atoms with Crippen LogP contribution in [0.5, 0.6) is 0 Å². The van der Waals surface area contributed by atoms with Crippen molar-refractivity contribution in [2.45, 2.75) is 58.0 Å². The maximum atomic E-state index is 5.62. The van der Waals surface area contributed by atoms with Gasteiger partial charge in [0.25, 0.3) is 0 Å². The van der Waals surface area contributed by atoms with Gasteiger partial charge in [0.1, 0.15) is 0 Å². The lowest BCUT2D eigenvalue weighted by atomic mass is 10.0. The zero-order chi connectivity index (χ0) is 15.3. The number of benzene rings is 1. The van der Waals surface area contributed by atoms with Gasteiger partial charge in [-0.2, -0.15) is 0 Å². The summed E-state index contributed by atoms with van der Waals surface area (Å²) >= 11 is 0. The van der Waals surface area contributed by atoms with Gasteiger partial charge in [0.05, 0.1) is 21.3 Å². The molecule has 1 aromatic rings. The van der Waals surface area contributed by atoms with Crippen molar-refractivity contribution in [1.82, 2.24) is 0 Å². The van der Waals surface area contributed by atoms with Crippen LogP contribution in [0, 0.1) is 5.92 Å². The summed E-state index contributed by atoms with van der Waals surface area (Å²) in [5.74, 6) is 0.746. The number of hydrogen-bond donors (Lipinski definition) is 0. The standard InChI is InChI=1S/C18H30O2Si/c1-15(2)14-17(10-11-18-19-12-13-20-18)21(3,4)16-8-6-5-7-9-16/h5-9,15,17-18H,10-14H2,1-4H3/t17-/m0/s1. The van der Waals surface area contributed by atoms with E-state index in [9.17, 15) is 0 Å². The first-order chi connectivity index (χ1) is 10.00. The average Bonchev–Trinajstić information content (AvgIpc) is 2.97. The van der Waals surface area contributed by atoms with Gasteiger partial charge in [-0.3, -0.25) is 0 Å². The van der Waals surface area contributed by atoms with Gasteiger partial charge in [-0.1, -0.05) is 68.9 Å². The fraction of sp³-hybridized carbons (Fsp3) is 0.667. The van der Waals surface area contributed by atoms with Crippen LogP contribution in [0.4, 0.5) is 0 Å². The van der Waals surface area contributed by atoms with E-state index in [0.717, 1.165) is 31.1 Å². The molecule has 1 saturated heterocycles. The molecule has 1 aromatic carbocycles. The van der Waals surface area contributed by atoms with Crippen LogP contribution in [0.1, 0.15) is 33.1 Å². The number of ether oxygens (including phenoxy) is 2. The smallest absolute Gasteiger partial charge is 0.157 e. The Morgan fingerprint density at radius 3 is 2.29 bits per heavy atom. The van der Waals surface area contributed by atoms with E-state index in [4.69, 9.17) is 9.47 Å². The first-order valence-electron chi connectivity index (χ1n) is 8.29. The minimum atomic E-state index is -1.45. The largest absolute Gasteiger partial charge is 0.350 e. The molecule has 1 fully saturated rings.